The average molecular weight is 487 g/mol. The Bertz CT molecular complexity index is 999. The van der Waals surface area contributed by atoms with Gasteiger partial charge in [-0.3, -0.25) is 4.79 Å². The summed E-state index contributed by atoms with van der Waals surface area (Å²) in [7, 11) is 0. The van der Waals surface area contributed by atoms with Crippen LogP contribution in [0.2, 0.25) is 0 Å². The number of aliphatic hydroxyl groups is 3. The largest absolute Gasteiger partial charge is 0.481 e. The van der Waals surface area contributed by atoms with Crippen molar-refractivity contribution >= 4 is 5.97 Å². The molecular weight excluding hydrogens is 440 g/mol. The first kappa shape index (κ1) is 25.5. The van der Waals surface area contributed by atoms with E-state index in [2.05, 4.69) is 40.7 Å². The molecule has 4 N–H and O–H groups in total. The minimum atomic E-state index is -0.914. The van der Waals surface area contributed by atoms with Gasteiger partial charge in [-0.1, -0.05) is 46.3 Å². The summed E-state index contributed by atoms with van der Waals surface area (Å²) >= 11 is 0. The zero-order chi connectivity index (χ0) is 25.8. The highest BCUT2D eigenvalue weighted by atomic mass is 16.4. The van der Waals surface area contributed by atoms with Crippen molar-refractivity contribution in [3.05, 3.63) is 22.8 Å². The van der Waals surface area contributed by atoms with Gasteiger partial charge in [0.1, 0.15) is 0 Å². The van der Waals surface area contributed by atoms with Gasteiger partial charge < -0.3 is 20.4 Å². The molecule has 0 saturated heterocycles. The van der Waals surface area contributed by atoms with E-state index in [-0.39, 0.29) is 28.8 Å². The van der Waals surface area contributed by atoms with Crippen LogP contribution in [0.4, 0.5) is 0 Å². The molecule has 1 unspecified atom stereocenters. The maximum Gasteiger partial charge on any atom is 0.314 e. The molecular formula is C30H46O5. The van der Waals surface area contributed by atoms with Crippen molar-refractivity contribution in [3.63, 3.8) is 0 Å². The van der Waals surface area contributed by atoms with E-state index in [0.717, 1.165) is 44.1 Å². The van der Waals surface area contributed by atoms with Crippen LogP contribution in [0.3, 0.4) is 0 Å². The van der Waals surface area contributed by atoms with Crippen LogP contribution in [0, 0.1) is 44.8 Å². The summed E-state index contributed by atoms with van der Waals surface area (Å²) in [6.07, 6.45) is 7.14. The van der Waals surface area contributed by atoms with Crippen molar-refractivity contribution in [2.24, 2.45) is 44.8 Å². The van der Waals surface area contributed by atoms with Gasteiger partial charge in [-0.05, 0) is 103 Å². The van der Waals surface area contributed by atoms with E-state index in [1.54, 1.807) is 0 Å². The van der Waals surface area contributed by atoms with Gasteiger partial charge >= 0.3 is 5.97 Å². The zero-order valence-corrected chi connectivity index (χ0v) is 22.5. The predicted octanol–water partition coefficient (Wildman–Crippen LogP) is 5.10. The van der Waals surface area contributed by atoms with Crippen molar-refractivity contribution in [3.8, 4) is 0 Å². The van der Waals surface area contributed by atoms with Crippen LogP contribution < -0.4 is 0 Å². The Labute approximate surface area is 210 Å². The minimum Gasteiger partial charge on any atom is -0.481 e. The molecule has 0 bridgehead atoms. The van der Waals surface area contributed by atoms with Crippen LogP contribution in [0.5, 0.6) is 0 Å². The van der Waals surface area contributed by atoms with Crippen molar-refractivity contribution in [2.75, 3.05) is 6.61 Å². The fourth-order valence-corrected chi connectivity index (χ4v) is 10.4. The molecule has 10 atom stereocenters. The number of carboxylic acid groups (broad SMARTS) is 1. The molecule has 196 valence electrons. The number of hydrogen-bond donors (Lipinski definition) is 4. The summed E-state index contributed by atoms with van der Waals surface area (Å²) < 4.78 is 0. The highest BCUT2D eigenvalue weighted by molar-refractivity contribution is 5.82. The summed E-state index contributed by atoms with van der Waals surface area (Å²) in [6.45, 7) is 13.3. The van der Waals surface area contributed by atoms with Crippen LogP contribution in [0.25, 0.3) is 0 Å². The highest BCUT2D eigenvalue weighted by Crippen LogP contribution is 2.75. The molecule has 5 aliphatic carbocycles. The van der Waals surface area contributed by atoms with E-state index >= 15 is 0 Å². The summed E-state index contributed by atoms with van der Waals surface area (Å²) in [4.78, 5) is 12.8. The number of rotatable bonds is 2. The third-order valence-corrected chi connectivity index (χ3v) is 12.9. The second kappa shape index (κ2) is 7.68. The first-order valence-electron chi connectivity index (χ1n) is 13.9. The third-order valence-electron chi connectivity index (χ3n) is 12.9. The Morgan fingerprint density at radius 1 is 1.03 bits per heavy atom. The van der Waals surface area contributed by atoms with Gasteiger partial charge in [-0.15, -0.1) is 0 Å². The molecule has 35 heavy (non-hydrogen) atoms. The van der Waals surface area contributed by atoms with Gasteiger partial charge in [0.05, 0.1) is 24.2 Å². The Hall–Kier alpha value is -1.17. The molecule has 0 aromatic rings. The molecule has 5 nitrogen and oxygen atoms in total. The zero-order valence-electron chi connectivity index (χ0n) is 22.5. The average Bonchev–Trinajstić information content (AvgIpc) is 2.80. The van der Waals surface area contributed by atoms with Gasteiger partial charge in [0.15, 0.2) is 0 Å². The lowest BCUT2D eigenvalue weighted by Gasteiger charge is -2.70. The predicted molar refractivity (Wildman–Crippen MR) is 135 cm³/mol. The normalized spacial score (nSPS) is 53.6. The maximum absolute atomic E-state index is 12.8. The van der Waals surface area contributed by atoms with Crippen molar-refractivity contribution in [1.82, 2.24) is 0 Å². The number of aliphatic carboxylic acids is 1. The molecule has 5 aliphatic rings. The van der Waals surface area contributed by atoms with Crippen molar-refractivity contribution in [2.45, 2.75) is 105 Å². The van der Waals surface area contributed by atoms with Crippen LogP contribution in [-0.2, 0) is 4.79 Å². The topological polar surface area (TPSA) is 98.0 Å². The third kappa shape index (κ3) is 2.89. The Balaban J connectivity index is 1.66. The van der Waals surface area contributed by atoms with Crippen molar-refractivity contribution < 1.29 is 25.2 Å². The number of aliphatic hydroxyl groups excluding tert-OH is 3. The molecule has 5 heteroatoms. The Kier molecular flexibility index (Phi) is 5.59. The molecule has 0 aliphatic heterocycles. The van der Waals surface area contributed by atoms with Crippen molar-refractivity contribution in [1.29, 1.82) is 0 Å². The van der Waals surface area contributed by atoms with E-state index in [0.29, 0.717) is 24.7 Å². The van der Waals surface area contributed by atoms with Crippen LogP contribution >= 0.6 is 0 Å². The standard InChI is InChI=1S/C30H46O5/c1-17-9-12-30(25(34)35)14-13-28(5)19(23(30)18(17)2)7-8-22-26(3)15-20(32)24(33)27(4,16-31)21(26)10-11-29(22,28)6/h7,17,20-22,24,31-33H,8-16H2,1-6H3,(H,34,35)/t17-,20+,21-,22-,24+,26+,27?,28-,29-,30+/m1/s1. The van der Waals surface area contributed by atoms with E-state index in [4.69, 9.17) is 0 Å². The SMILES string of the molecule is CC1=C2C3=CC[C@@H]4[C@@]5(C)C[C@H](O)[C@H](O)C(C)(CO)[C@@H]5CC[C@@]4(C)[C@]3(C)CC[C@@]2(C(=O)O)CC[C@H]1C. The second-order valence-corrected chi connectivity index (χ2v) is 14.0. The fraction of sp³-hybridized carbons (Fsp3) is 0.833. The fourth-order valence-electron chi connectivity index (χ4n) is 10.4. The number of fused-ring (bicyclic) bond motifs is 7. The molecule has 0 heterocycles. The molecule has 0 aromatic heterocycles. The first-order valence-corrected chi connectivity index (χ1v) is 13.9. The van der Waals surface area contributed by atoms with Crippen LogP contribution in [0.1, 0.15) is 92.9 Å². The molecule has 0 spiro atoms. The van der Waals surface area contributed by atoms with Gasteiger partial charge in [-0.2, -0.15) is 0 Å². The summed E-state index contributed by atoms with van der Waals surface area (Å²) in [5.74, 6) is 0.176. The van der Waals surface area contributed by atoms with Gasteiger partial charge in [0.2, 0.25) is 0 Å². The van der Waals surface area contributed by atoms with Gasteiger partial charge in [0.25, 0.3) is 0 Å². The number of hydrogen-bond acceptors (Lipinski definition) is 4. The molecule has 5 rings (SSSR count). The number of allylic oxidation sites excluding steroid dienone is 3. The van der Waals surface area contributed by atoms with E-state index in [1.165, 1.54) is 11.1 Å². The lowest BCUT2D eigenvalue weighted by molar-refractivity contribution is -0.240. The highest BCUT2D eigenvalue weighted by Gasteiger charge is 2.69. The quantitative estimate of drug-likeness (QED) is 0.435. The monoisotopic (exact) mass is 486 g/mol. The maximum atomic E-state index is 12.8. The lowest BCUT2D eigenvalue weighted by atomic mass is 9.34. The van der Waals surface area contributed by atoms with E-state index in [1.807, 2.05) is 6.92 Å². The van der Waals surface area contributed by atoms with Gasteiger partial charge in [0, 0.05) is 5.41 Å². The van der Waals surface area contributed by atoms with Crippen LogP contribution in [-0.4, -0.2) is 45.2 Å². The summed E-state index contributed by atoms with van der Waals surface area (Å²) in [6, 6.07) is 0. The number of carboxylic acids is 1. The molecule has 3 saturated carbocycles. The lowest BCUT2D eigenvalue weighted by Crippen LogP contribution is -2.67. The van der Waals surface area contributed by atoms with E-state index in [9.17, 15) is 25.2 Å². The molecule has 0 aromatic carbocycles. The second-order valence-electron chi connectivity index (χ2n) is 14.0. The Morgan fingerprint density at radius 2 is 1.71 bits per heavy atom. The summed E-state index contributed by atoms with van der Waals surface area (Å²) in [5.41, 5.74) is 1.82. The minimum absolute atomic E-state index is 0.0423. The molecule has 3 fully saturated rings. The first-order chi connectivity index (χ1) is 16.2. The van der Waals surface area contributed by atoms with E-state index < -0.39 is 29.0 Å². The number of carbonyl (C=O) groups is 1. The molecule has 0 radical (unpaired) electrons. The summed E-state index contributed by atoms with van der Waals surface area (Å²) in [5, 5.41) is 42.8. The molecule has 0 amide bonds. The Morgan fingerprint density at radius 3 is 2.34 bits per heavy atom. The smallest absolute Gasteiger partial charge is 0.314 e. The van der Waals surface area contributed by atoms with Gasteiger partial charge in [-0.25, -0.2) is 0 Å². The van der Waals surface area contributed by atoms with Crippen LogP contribution in [0.15, 0.2) is 22.8 Å².